The molecular formula is C19H16N6O3. The van der Waals surface area contributed by atoms with Crippen LogP contribution in [0.4, 0.5) is 5.69 Å². The molecule has 0 aliphatic carbocycles. The second kappa shape index (κ2) is 7.03. The maximum Gasteiger partial charge on any atom is 0.280 e. The molecule has 3 aromatic rings. The average molecular weight is 376 g/mol. The quantitative estimate of drug-likeness (QED) is 0.385. The molecule has 0 atom stereocenters. The van der Waals surface area contributed by atoms with E-state index in [0.29, 0.717) is 40.1 Å². The summed E-state index contributed by atoms with van der Waals surface area (Å²) in [6, 6.07) is 10.2. The number of benzene rings is 1. The molecule has 1 aliphatic rings. The van der Waals surface area contributed by atoms with Crippen molar-refractivity contribution in [3.05, 3.63) is 88.0 Å². The Morgan fingerprint density at radius 1 is 1.29 bits per heavy atom. The van der Waals surface area contributed by atoms with Crippen molar-refractivity contribution in [3.63, 3.8) is 0 Å². The van der Waals surface area contributed by atoms with Crippen LogP contribution in [-0.4, -0.2) is 30.4 Å². The lowest BCUT2D eigenvalue weighted by molar-refractivity contribution is -0.385. The summed E-state index contributed by atoms with van der Waals surface area (Å²) in [4.78, 5) is 20.3. The van der Waals surface area contributed by atoms with Crippen LogP contribution in [0, 0.1) is 10.1 Å². The van der Waals surface area contributed by atoms with E-state index in [2.05, 4.69) is 26.8 Å². The van der Waals surface area contributed by atoms with Gasteiger partial charge in [0.15, 0.2) is 11.6 Å². The van der Waals surface area contributed by atoms with Crippen LogP contribution in [0.1, 0.15) is 29.8 Å². The number of ether oxygens (including phenoxy) is 1. The number of pyridine rings is 1. The molecule has 0 saturated carbocycles. The molecular weight excluding hydrogens is 360 g/mol. The first-order valence-electron chi connectivity index (χ1n) is 8.51. The van der Waals surface area contributed by atoms with E-state index < -0.39 is 4.92 Å². The minimum atomic E-state index is -0.420. The SMILES string of the molecule is C=C(C)OCc1nnc2n1-c1cccc([N+](=O)[O-])c1C(c1ccccn1)=NC2. The van der Waals surface area contributed by atoms with Gasteiger partial charge in [-0.1, -0.05) is 18.7 Å². The number of aromatic nitrogens is 4. The predicted octanol–water partition coefficient (Wildman–Crippen LogP) is 2.97. The van der Waals surface area contributed by atoms with Gasteiger partial charge in [0.2, 0.25) is 0 Å². The molecule has 0 radical (unpaired) electrons. The van der Waals surface area contributed by atoms with Crippen LogP contribution in [0.3, 0.4) is 0 Å². The third-order valence-electron chi connectivity index (χ3n) is 4.23. The minimum Gasteiger partial charge on any atom is -0.491 e. The van der Waals surface area contributed by atoms with Crippen LogP contribution in [0.2, 0.25) is 0 Å². The van der Waals surface area contributed by atoms with E-state index >= 15 is 0 Å². The number of aliphatic imine (C=N–C) groups is 1. The monoisotopic (exact) mass is 376 g/mol. The van der Waals surface area contributed by atoms with Gasteiger partial charge in [-0.3, -0.25) is 24.7 Å². The molecule has 4 rings (SSSR count). The van der Waals surface area contributed by atoms with E-state index in [4.69, 9.17) is 4.74 Å². The zero-order valence-corrected chi connectivity index (χ0v) is 15.1. The normalized spacial score (nSPS) is 12.4. The third kappa shape index (κ3) is 3.02. The molecule has 0 spiro atoms. The highest BCUT2D eigenvalue weighted by atomic mass is 16.6. The molecule has 0 N–H and O–H groups in total. The number of nitrogens with zero attached hydrogens (tertiary/aromatic N) is 6. The summed E-state index contributed by atoms with van der Waals surface area (Å²) in [7, 11) is 0. The van der Waals surface area contributed by atoms with Crippen molar-refractivity contribution < 1.29 is 9.66 Å². The predicted molar refractivity (Wildman–Crippen MR) is 101 cm³/mol. The Bertz CT molecular complexity index is 1100. The first-order valence-corrected chi connectivity index (χ1v) is 8.51. The highest BCUT2D eigenvalue weighted by Crippen LogP contribution is 2.32. The van der Waals surface area contributed by atoms with E-state index in [1.54, 1.807) is 42.0 Å². The smallest absolute Gasteiger partial charge is 0.280 e. The highest BCUT2D eigenvalue weighted by molar-refractivity contribution is 6.16. The summed E-state index contributed by atoms with van der Waals surface area (Å²) >= 11 is 0. The number of hydrogen-bond acceptors (Lipinski definition) is 7. The summed E-state index contributed by atoms with van der Waals surface area (Å²) in [6.45, 7) is 5.80. The van der Waals surface area contributed by atoms with Crippen LogP contribution in [-0.2, 0) is 17.9 Å². The lowest BCUT2D eigenvalue weighted by atomic mass is 10.0. The van der Waals surface area contributed by atoms with Crippen LogP contribution in [0.25, 0.3) is 5.69 Å². The second-order valence-electron chi connectivity index (χ2n) is 6.17. The molecule has 3 heterocycles. The third-order valence-corrected chi connectivity index (χ3v) is 4.23. The van der Waals surface area contributed by atoms with Crippen molar-refractivity contribution in [3.8, 4) is 5.69 Å². The Kier molecular flexibility index (Phi) is 4.40. The van der Waals surface area contributed by atoms with Crippen molar-refractivity contribution in [2.75, 3.05) is 0 Å². The summed E-state index contributed by atoms with van der Waals surface area (Å²) < 4.78 is 7.25. The molecule has 1 aromatic carbocycles. The zero-order valence-electron chi connectivity index (χ0n) is 15.1. The van der Waals surface area contributed by atoms with E-state index in [0.717, 1.165) is 0 Å². The fraction of sp³-hybridized carbons (Fsp3) is 0.158. The van der Waals surface area contributed by atoms with E-state index in [-0.39, 0.29) is 18.8 Å². The first-order chi connectivity index (χ1) is 13.6. The van der Waals surface area contributed by atoms with E-state index in [1.165, 1.54) is 6.07 Å². The Morgan fingerprint density at radius 3 is 2.86 bits per heavy atom. The Balaban J connectivity index is 1.96. The molecule has 140 valence electrons. The van der Waals surface area contributed by atoms with Crippen molar-refractivity contribution in [2.24, 2.45) is 4.99 Å². The van der Waals surface area contributed by atoms with Crippen molar-refractivity contribution >= 4 is 11.4 Å². The Morgan fingerprint density at radius 2 is 2.14 bits per heavy atom. The van der Waals surface area contributed by atoms with Gasteiger partial charge in [0, 0.05) is 12.3 Å². The first kappa shape index (κ1) is 17.5. The van der Waals surface area contributed by atoms with Crippen LogP contribution >= 0.6 is 0 Å². The number of hydrogen-bond donors (Lipinski definition) is 0. The molecule has 9 heteroatoms. The summed E-state index contributed by atoms with van der Waals surface area (Å²) in [5.41, 5.74) is 1.88. The lowest BCUT2D eigenvalue weighted by Crippen LogP contribution is -2.13. The van der Waals surface area contributed by atoms with Crippen molar-refractivity contribution in [1.29, 1.82) is 0 Å². The molecule has 28 heavy (non-hydrogen) atoms. The summed E-state index contributed by atoms with van der Waals surface area (Å²) in [5, 5.41) is 20.1. The average Bonchev–Trinajstić information content (AvgIpc) is 3.02. The van der Waals surface area contributed by atoms with Gasteiger partial charge in [-0.25, -0.2) is 0 Å². The van der Waals surface area contributed by atoms with Gasteiger partial charge in [-0.05, 0) is 25.1 Å². The van der Waals surface area contributed by atoms with Crippen molar-refractivity contribution in [1.82, 2.24) is 19.7 Å². The van der Waals surface area contributed by atoms with Crippen molar-refractivity contribution in [2.45, 2.75) is 20.1 Å². The number of fused-ring (bicyclic) bond motifs is 3. The number of nitro benzene ring substituents is 1. The van der Waals surface area contributed by atoms with E-state index in [9.17, 15) is 10.1 Å². The number of allylic oxidation sites excluding steroid dienone is 1. The molecule has 0 unspecified atom stereocenters. The van der Waals surface area contributed by atoms with Gasteiger partial charge in [-0.2, -0.15) is 0 Å². The van der Waals surface area contributed by atoms with Gasteiger partial charge in [-0.15, -0.1) is 10.2 Å². The van der Waals surface area contributed by atoms with Crippen LogP contribution in [0.5, 0.6) is 0 Å². The Hall–Kier alpha value is -3.88. The summed E-state index contributed by atoms with van der Waals surface area (Å²) in [5.74, 6) is 1.61. The minimum absolute atomic E-state index is 0.0600. The van der Waals surface area contributed by atoms with Crippen LogP contribution in [0.15, 0.2) is 59.9 Å². The molecule has 0 fully saturated rings. The fourth-order valence-corrected chi connectivity index (χ4v) is 3.07. The topological polar surface area (TPSA) is 108 Å². The standard InChI is InChI=1S/C19H16N6O3/c1-12(2)28-11-17-23-22-16-10-21-19(13-6-3-4-9-20-13)18-14(24(16)17)7-5-8-15(18)25(26)27/h3-9H,1,10-11H2,2H3. The summed E-state index contributed by atoms with van der Waals surface area (Å²) in [6.07, 6.45) is 1.63. The second-order valence-corrected chi connectivity index (χ2v) is 6.17. The van der Waals surface area contributed by atoms with Gasteiger partial charge < -0.3 is 4.74 Å². The Labute approximate surface area is 160 Å². The maximum atomic E-state index is 11.8. The van der Waals surface area contributed by atoms with E-state index in [1.807, 2.05) is 6.07 Å². The molecule has 1 aliphatic heterocycles. The van der Waals surface area contributed by atoms with Gasteiger partial charge in [0.05, 0.1) is 27.8 Å². The fourth-order valence-electron chi connectivity index (χ4n) is 3.07. The highest BCUT2D eigenvalue weighted by Gasteiger charge is 2.30. The molecule has 9 nitrogen and oxygen atoms in total. The number of rotatable bonds is 5. The maximum absolute atomic E-state index is 11.8. The van der Waals surface area contributed by atoms with Gasteiger partial charge in [0.1, 0.15) is 18.7 Å². The zero-order chi connectivity index (χ0) is 19.7. The van der Waals surface area contributed by atoms with Gasteiger partial charge >= 0.3 is 0 Å². The van der Waals surface area contributed by atoms with Crippen LogP contribution < -0.4 is 0 Å². The lowest BCUT2D eigenvalue weighted by Gasteiger charge is -2.13. The molecule has 0 bridgehead atoms. The molecule has 0 saturated heterocycles. The van der Waals surface area contributed by atoms with Gasteiger partial charge in [0.25, 0.3) is 5.69 Å². The largest absolute Gasteiger partial charge is 0.491 e. The molecule has 0 amide bonds. The molecule has 2 aromatic heterocycles. The number of nitro groups is 1.